The van der Waals surface area contributed by atoms with Gasteiger partial charge in [0.25, 0.3) is 10.0 Å². The first-order valence-corrected chi connectivity index (χ1v) is 14.4. The lowest BCUT2D eigenvalue weighted by Gasteiger charge is -2.11. The van der Waals surface area contributed by atoms with E-state index < -0.39 is 15.8 Å². The molecule has 0 radical (unpaired) electrons. The fourth-order valence-corrected chi connectivity index (χ4v) is 6.25. The number of nitrogens with one attached hydrogen (secondary N) is 1. The lowest BCUT2D eigenvalue weighted by Crippen LogP contribution is -2.15. The van der Waals surface area contributed by atoms with Gasteiger partial charge < -0.3 is 11.5 Å². The molecule has 0 spiro atoms. The summed E-state index contributed by atoms with van der Waals surface area (Å²) in [5, 5.41) is 10.4. The van der Waals surface area contributed by atoms with E-state index in [2.05, 4.69) is 39.6 Å². The molecule has 0 aliphatic carbocycles. The second-order valence-electron chi connectivity index (χ2n) is 9.19. The number of anilines is 3. The molecule has 3 aromatic heterocycles. The molecule has 0 bridgehead atoms. The van der Waals surface area contributed by atoms with Crippen LogP contribution in [0.5, 0.6) is 0 Å². The Labute approximate surface area is 234 Å². The SMILES string of the molecule is CC(C)c1ccc(-c2c(C#N)c(N)nc3sc(C(=O)c4ccc(S(=O)(=O)Nc5ncccn5)cc4)c(N)c23)cc1. The molecular weight excluding hydrogens is 546 g/mol. The first-order chi connectivity index (χ1) is 19.1. The van der Waals surface area contributed by atoms with E-state index in [-0.39, 0.29) is 38.4 Å². The van der Waals surface area contributed by atoms with E-state index in [1.807, 2.05) is 24.3 Å². The van der Waals surface area contributed by atoms with Crippen LogP contribution in [-0.2, 0) is 10.0 Å². The van der Waals surface area contributed by atoms with Crippen LogP contribution in [0.15, 0.2) is 71.9 Å². The highest BCUT2D eigenvalue weighted by Gasteiger charge is 2.25. The Balaban J connectivity index is 1.54. The monoisotopic (exact) mass is 569 g/mol. The summed E-state index contributed by atoms with van der Waals surface area (Å²) in [6.45, 7) is 4.17. The van der Waals surface area contributed by atoms with Crippen molar-refractivity contribution in [2.45, 2.75) is 24.7 Å². The summed E-state index contributed by atoms with van der Waals surface area (Å²) in [4.78, 5) is 26.2. The molecule has 0 amide bonds. The van der Waals surface area contributed by atoms with Crippen LogP contribution in [0.1, 0.15) is 46.1 Å². The number of pyridine rings is 1. The van der Waals surface area contributed by atoms with Gasteiger partial charge in [-0.2, -0.15) is 5.26 Å². The van der Waals surface area contributed by atoms with E-state index in [1.54, 1.807) is 6.07 Å². The zero-order valence-electron chi connectivity index (χ0n) is 21.4. The number of aromatic nitrogens is 3. The standard InChI is InChI=1S/C28H23N7O3S2/c1-15(2)16-4-6-17(7-5-16)21-20(14-29)26(31)34-27-22(21)23(30)25(39-27)24(36)18-8-10-19(11-9-18)40(37,38)35-28-32-12-3-13-33-28/h3-13,15H,30H2,1-2H3,(H2,31,34)(H,32,33,35). The Bertz CT molecular complexity index is 1890. The molecule has 200 valence electrons. The van der Waals surface area contributed by atoms with Crippen LogP contribution in [0, 0.1) is 11.3 Å². The van der Waals surface area contributed by atoms with Gasteiger partial charge in [-0.25, -0.2) is 28.1 Å². The van der Waals surface area contributed by atoms with E-state index in [4.69, 9.17) is 11.5 Å². The average molecular weight is 570 g/mol. The molecule has 40 heavy (non-hydrogen) atoms. The van der Waals surface area contributed by atoms with E-state index in [0.29, 0.717) is 21.7 Å². The van der Waals surface area contributed by atoms with Gasteiger partial charge >= 0.3 is 0 Å². The highest BCUT2D eigenvalue weighted by Crippen LogP contribution is 2.43. The van der Waals surface area contributed by atoms with Gasteiger partial charge in [0.05, 0.1) is 10.6 Å². The van der Waals surface area contributed by atoms with E-state index in [9.17, 15) is 18.5 Å². The zero-order chi connectivity index (χ0) is 28.6. The number of rotatable bonds is 7. The van der Waals surface area contributed by atoms with Crippen molar-refractivity contribution in [3.05, 3.63) is 88.6 Å². The Morgan fingerprint density at radius 1 is 1.02 bits per heavy atom. The van der Waals surface area contributed by atoms with Crippen LogP contribution < -0.4 is 16.2 Å². The Morgan fingerprint density at radius 2 is 1.68 bits per heavy atom. The third-order valence-electron chi connectivity index (χ3n) is 6.31. The highest BCUT2D eigenvalue weighted by molar-refractivity contribution is 7.92. The summed E-state index contributed by atoms with van der Waals surface area (Å²) in [6.07, 6.45) is 2.83. The smallest absolute Gasteiger partial charge is 0.264 e. The van der Waals surface area contributed by atoms with Crippen molar-refractivity contribution >= 4 is 54.8 Å². The minimum atomic E-state index is -3.97. The number of nitrogen functional groups attached to an aromatic ring is 2. The predicted molar refractivity (Wildman–Crippen MR) is 155 cm³/mol. The van der Waals surface area contributed by atoms with Crippen LogP contribution in [0.4, 0.5) is 17.5 Å². The molecule has 0 saturated heterocycles. The summed E-state index contributed by atoms with van der Waals surface area (Å²) >= 11 is 1.07. The number of hydrogen-bond acceptors (Lipinski definition) is 10. The molecule has 0 aliphatic heterocycles. The third-order valence-corrected chi connectivity index (χ3v) is 8.75. The summed E-state index contributed by atoms with van der Waals surface area (Å²) in [7, 11) is -3.97. The van der Waals surface area contributed by atoms with Gasteiger partial charge in [0.15, 0.2) is 0 Å². The lowest BCUT2D eigenvalue weighted by atomic mass is 9.94. The van der Waals surface area contributed by atoms with Crippen molar-refractivity contribution in [1.29, 1.82) is 5.26 Å². The van der Waals surface area contributed by atoms with Crippen LogP contribution in [0.3, 0.4) is 0 Å². The van der Waals surface area contributed by atoms with E-state index in [1.165, 1.54) is 36.7 Å². The topological polar surface area (TPSA) is 178 Å². The third kappa shape index (κ3) is 4.84. The summed E-state index contributed by atoms with van der Waals surface area (Å²) < 4.78 is 27.7. The summed E-state index contributed by atoms with van der Waals surface area (Å²) in [5.41, 5.74) is 15.6. The molecule has 3 heterocycles. The van der Waals surface area contributed by atoms with Crippen molar-refractivity contribution in [3.8, 4) is 17.2 Å². The van der Waals surface area contributed by atoms with Crippen molar-refractivity contribution in [1.82, 2.24) is 15.0 Å². The van der Waals surface area contributed by atoms with E-state index in [0.717, 1.165) is 22.5 Å². The fraction of sp³-hybridized carbons (Fsp3) is 0.107. The quantitative estimate of drug-likeness (QED) is 0.229. The molecule has 10 nitrogen and oxygen atoms in total. The second kappa shape index (κ2) is 10.4. The number of fused-ring (bicyclic) bond motifs is 1. The number of benzene rings is 2. The van der Waals surface area contributed by atoms with Crippen molar-refractivity contribution in [2.24, 2.45) is 0 Å². The largest absolute Gasteiger partial charge is 0.397 e. The molecule has 0 saturated carbocycles. The number of thiophene rings is 1. The van der Waals surface area contributed by atoms with Crippen LogP contribution in [0.25, 0.3) is 21.3 Å². The summed E-state index contributed by atoms with van der Waals surface area (Å²) in [6, 6.07) is 16.9. The minimum absolute atomic E-state index is 0.0441. The van der Waals surface area contributed by atoms with Crippen molar-refractivity contribution in [3.63, 3.8) is 0 Å². The van der Waals surface area contributed by atoms with Gasteiger partial charge in [-0.05, 0) is 47.4 Å². The van der Waals surface area contributed by atoms with E-state index >= 15 is 0 Å². The number of ketones is 1. The lowest BCUT2D eigenvalue weighted by molar-refractivity contribution is 0.104. The number of nitrogens with zero attached hydrogens (tertiary/aromatic N) is 4. The van der Waals surface area contributed by atoms with Gasteiger partial charge in [-0.15, -0.1) is 11.3 Å². The molecule has 0 aliphatic rings. The molecule has 0 unspecified atom stereocenters. The van der Waals surface area contributed by atoms with Gasteiger partial charge in [0.2, 0.25) is 11.7 Å². The summed E-state index contributed by atoms with van der Waals surface area (Å²) in [5.74, 6) is -0.116. The number of carbonyl (C=O) groups excluding carboxylic acids is 1. The average Bonchev–Trinajstić information content (AvgIpc) is 3.27. The molecule has 0 fully saturated rings. The van der Waals surface area contributed by atoms with Gasteiger partial charge in [-0.3, -0.25) is 4.79 Å². The predicted octanol–water partition coefficient (Wildman–Crippen LogP) is 4.94. The number of nitrogens with two attached hydrogens (primary N) is 2. The van der Waals surface area contributed by atoms with Crippen LogP contribution in [-0.4, -0.2) is 29.2 Å². The van der Waals surface area contributed by atoms with Gasteiger partial charge in [0, 0.05) is 28.9 Å². The van der Waals surface area contributed by atoms with Crippen molar-refractivity contribution in [2.75, 3.05) is 16.2 Å². The van der Waals surface area contributed by atoms with Crippen LogP contribution >= 0.6 is 11.3 Å². The molecule has 0 atom stereocenters. The van der Waals surface area contributed by atoms with Gasteiger partial charge in [0.1, 0.15) is 27.2 Å². The number of carbonyl (C=O) groups is 1. The Kier molecular flexibility index (Phi) is 6.93. The number of sulfonamides is 1. The molecule has 2 aromatic carbocycles. The normalized spacial score (nSPS) is 11.4. The molecule has 5 aromatic rings. The maximum Gasteiger partial charge on any atom is 0.264 e. The maximum atomic E-state index is 13.5. The van der Waals surface area contributed by atoms with Crippen LogP contribution in [0.2, 0.25) is 0 Å². The molecular formula is C28H23N7O3S2. The second-order valence-corrected chi connectivity index (χ2v) is 11.9. The minimum Gasteiger partial charge on any atom is -0.397 e. The number of hydrogen-bond donors (Lipinski definition) is 3. The van der Waals surface area contributed by atoms with Crippen molar-refractivity contribution < 1.29 is 13.2 Å². The molecule has 5 N–H and O–H groups in total. The molecule has 12 heteroatoms. The zero-order valence-corrected chi connectivity index (χ0v) is 23.0. The highest BCUT2D eigenvalue weighted by atomic mass is 32.2. The first-order valence-electron chi connectivity index (χ1n) is 12.1. The fourth-order valence-electron chi connectivity index (χ4n) is 4.22. The Hall–Kier alpha value is -4.86. The number of nitriles is 1. The first kappa shape index (κ1) is 26.7. The maximum absolute atomic E-state index is 13.5. The molecule has 5 rings (SSSR count). The van der Waals surface area contributed by atoms with Gasteiger partial charge in [-0.1, -0.05) is 38.1 Å². The Morgan fingerprint density at radius 3 is 2.27 bits per heavy atom.